The SMILES string of the molecule is Cc1[nH]n2nc(-c3ccc(NCOCOS(=O)(=O)CCCN4CCOCC4)cc3)nc2c1Cl. The lowest BCUT2D eigenvalue weighted by molar-refractivity contribution is 0.0288. The molecule has 13 heteroatoms. The van der Waals surface area contributed by atoms with Gasteiger partial charge in [-0.05, 0) is 44.2 Å². The van der Waals surface area contributed by atoms with Crippen LogP contribution in [0.15, 0.2) is 24.3 Å². The molecular weight excluding hydrogens is 472 g/mol. The number of morpholine rings is 1. The molecule has 0 saturated carbocycles. The number of nitrogens with one attached hydrogen (secondary N) is 2. The van der Waals surface area contributed by atoms with Crippen LogP contribution in [-0.2, 0) is 23.8 Å². The van der Waals surface area contributed by atoms with Crippen LogP contribution >= 0.6 is 11.6 Å². The largest absolute Gasteiger partial charge is 0.379 e. The molecule has 0 amide bonds. The highest BCUT2D eigenvalue weighted by Gasteiger charge is 2.15. The fraction of sp³-hybridized carbons (Fsp3) is 0.500. The first-order chi connectivity index (χ1) is 15.9. The van der Waals surface area contributed by atoms with Crippen molar-refractivity contribution in [3.63, 3.8) is 0 Å². The van der Waals surface area contributed by atoms with Gasteiger partial charge in [0.15, 0.2) is 18.3 Å². The quantitative estimate of drug-likeness (QED) is 0.232. The molecule has 3 aromatic rings. The molecule has 1 aromatic carbocycles. The fourth-order valence-electron chi connectivity index (χ4n) is 3.40. The molecule has 3 heterocycles. The second-order valence-corrected chi connectivity index (χ2v) is 9.77. The molecule has 0 spiro atoms. The van der Waals surface area contributed by atoms with Gasteiger partial charge in [0.05, 0.1) is 24.7 Å². The molecule has 0 unspecified atom stereocenters. The van der Waals surface area contributed by atoms with E-state index in [1.807, 2.05) is 31.2 Å². The summed E-state index contributed by atoms with van der Waals surface area (Å²) in [4.78, 5) is 6.64. The number of aromatic amines is 1. The summed E-state index contributed by atoms with van der Waals surface area (Å²) in [6.07, 6.45) is 0.514. The molecular formula is C20H27ClN6O5S. The van der Waals surface area contributed by atoms with Gasteiger partial charge in [0.2, 0.25) is 0 Å². The first-order valence-electron chi connectivity index (χ1n) is 10.6. The third-order valence-corrected chi connectivity index (χ3v) is 6.91. The van der Waals surface area contributed by atoms with Crippen molar-refractivity contribution in [2.75, 3.05) is 57.4 Å². The number of hydrogen-bond donors (Lipinski definition) is 2. The number of halogens is 1. The molecule has 1 saturated heterocycles. The van der Waals surface area contributed by atoms with Gasteiger partial charge in [-0.2, -0.15) is 13.0 Å². The summed E-state index contributed by atoms with van der Waals surface area (Å²) in [5.41, 5.74) is 3.02. The van der Waals surface area contributed by atoms with E-state index in [-0.39, 0.29) is 19.3 Å². The van der Waals surface area contributed by atoms with E-state index in [1.54, 1.807) is 4.63 Å². The van der Waals surface area contributed by atoms with Crippen LogP contribution in [0.5, 0.6) is 0 Å². The minimum absolute atomic E-state index is 0.0375. The fourth-order valence-corrected chi connectivity index (χ4v) is 4.38. The summed E-state index contributed by atoms with van der Waals surface area (Å²) in [7, 11) is -3.61. The highest BCUT2D eigenvalue weighted by Crippen LogP contribution is 2.24. The Morgan fingerprint density at radius 1 is 1.24 bits per heavy atom. The zero-order chi connectivity index (χ0) is 23.3. The predicted molar refractivity (Wildman–Crippen MR) is 124 cm³/mol. The highest BCUT2D eigenvalue weighted by molar-refractivity contribution is 7.86. The second kappa shape index (κ2) is 10.8. The van der Waals surface area contributed by atoms with Gasteiger partial charge in [0.1, 0.15) is 11.8 Å². The topological polar surface area (TPSA) is 123 Å². The Hall–Kier alpha value is -2.22. The van der Waals surface area contributed by atoms with Gasteiger partial charge >= 0.3 is 0 Å². The first-order valence-corrected chi connectivity index (χ1v) is 12.6. The molecule has 1 aliphatic rings. The van der Waals surface area contributed by atoms with E-state index in [9.17, 15) is 8.42 Å². The number of nitrogens with zero attached hydrogens (tertiary/aromatic N) is 4. The number of hydrogen-bond acceptors (Lipinski definition) is 9. The maximum Gasteiger partial charge on any atom is 0.269 e. The van der Waals surface area contributed by atoms with Crippen molar-refractivity contribution in [2.45, 2.75) is 13.3 Å². The van der Waals surface area contributed by atoms with Crippen LogP contribution in [-0.4, -0.2) is 85.3 Å². The number of aryl methyl sites for hydroxylation is 1. The monoisotopic (exact) mass is 498 g/mol. The maximum absolute atomic E-state index is 12.0. The molecule has 2 aromatic heterocycles. The van der Waals surface area contributed by atoms with Crippen LogP contribution in [0.25, 0.3) is 17.0 Å². The third kappa shape index (κ3) is 6.43. The van der Waals surface area contributed by atoms with Crippen molar-refractivity contribution >= 4 is 33.1 Å². The van der Waals surface area contributed by atoms with Crippen molar-refractivity contribution in [2.24, 2.45) is 0 Å². The number of aromatic nitrogens is 4. The molecule has 180 valence electrons. The Bertz CT molecular complexity index is 1160. The summed E-state index contributed by atoms with van der Waals surface area (Å²) in [5.74, 6) is 0.516. The van der Waals surface area contributed by atoms with Crippen LogP contribution in [0.1, 0.15) is 12.1 Å². The summed E-state index contributed by atoms with van der Waals surface area (Å²) in [5, 5.41) is 11.0. The van der Waals surface area contributed by atoms with Gasteiger partial charge in [-0.1, -0.05) is 11.6 Å². The molecule has 11 nitrogen and oxygen atoms in total. The van der Waals surface area contributed by atoms with Crippen molar-refractivity contribution in [1.29, 1.82) is 0 Å². The average Bonchev–Trinajstić information content (AvgIpc) is 3.33. The lowest BCUT2D eigenvalue weighted by atomic mass is 10.2. The number of anilines is 1. The Balaban J connectivity index is 1.16. The van der Waals surface area contributed by atoms with E-state index in [1.165, 1.54) is 0 Å². The molecule has 0 atom stereocenters. The van der Waals surface area contributed by atoms with Gasteiger partial charge in [0.25, 0.3) is 10.1 Å². The Morgan fingerprint density at radius 3 is 2.73 bits per heavy atom. The van der Waals surface area contributed by atoms with Crippen molar-refractivity contribution in [3.8, 4) is 11.4 Å². The number of fused-ring (bicyclic) bond motifs is 1. The van der Waals surface area contributed by atoms with Crippen LogP contribution in [0.4, 0.5) is 5.69 Å². The molecule has 2 N–H and O–H groups in total. The molecule has 0 bridgehead atoms. The molecule has 0 aliphatic carbocycles. The Kier molecular flexibility index (Phi) is 7.83. The van der Waals surface area contributed by atoms with E-state index in [0.29, 0.717) is 42.7 Å². The minimum atomic E-state index is -3.61. The summed E-state index contributed by atoms with van der Waals surface area (Å²) in [6, 6.07) is 7.44. The van der Waals surface area contributed by atoms with E-state index in [0.717, 1.165) is 30.0 Å². The van der Waals surface area contributed by atoms with Crippen LogP contribution < -0.4 is 5.32 Å². The van der Waals surface area contributed by atoms with E-state index in [2.05, 4.69) is 25.4 Å². The van der Waals surface area contributed by atoms with Gasteiger partial charge in [-0.25, -0.2) is 9.17 Å². The molecule has 1 fully saturated rings. The zero-order valence-corrected chi connectivity index (χ0v) is 19.9. The summed E-state index contributed by atoms with van der Waals surface area (Å²) in [6.45, 7) is 5.38. The van der Waals surface area contributed by atoms with Crippen LogP contribution in [0.3, 0.4) is 0 Å². The molecule has 0 radical (unpaired) electrons. The second-order valence-electron chi connectivity index (χ2n) is 7.63. The number of rotatable bonds is 11. The number of H-pyrrole nitrogens is 1. The van der Waals surface area contributed by atoms with E-state index in [4.69, 9.17) is 25.3 Å². The molecule has 33 heavy (non-hydrogen) atoms. The van der Waals surface area contributed by atoms with Crippen LogP contribution in [0, 0.1) is 6.92 Å². The van der Waals surface area contributed by atoms with Crippen molar-refractivity contribution in [1.82, 2.24) is 24.7 Å². The van der Waals surface area contributed by atoms with Crippen molar-refractivity contribution in [3.05, 3.63) is 35.0 Å². The van der Waals surface area contributed by atoms with Crippen molar-refractivity contribution < 1.29 is 22.1 Å². The maximum atomic E-state index is 12.0. The first kappa shape index (κ1) is 23.9. The van der Waals surface area contributed by atoms with Gasteiger partial charge in [-0.15, -0.1) is 5.10 Å². The van der Waals surface area contributed by atoms with E-state index < -0.39 is 10.1 Å². The predicted octanol–water partition coefficient (Wildman–Crippen LogP) is 2.10. The highest BCUT2D eigenvalue weighted by atomic mass is 35.5. The third-order valence-electron chi connectivity index (χ3n) is 5.21. The molecule has 4 rings (SSSR count). The molecule has 1 aliphatic heterocycles. The smallest absolute Gasteiger partial charge is 0.269 e. The zero-order valence-electron chi connectivity index (χ0n) is 18.3. The van der Waals surface area contributed by atoms with Crippen LogP contribution in [0.2, 0.25) is 5.02 Å². The number of benzene rings is 1. The van der Waals surface area contributed by atoms with Gasteiger partial charge in [-0.3, -0.25) is 10.00 Å². The minimum Gasteiger partial charge on any atom is -0.379 e. The van der Waals surface area contributed by atoms with E-state index >= 15 is 0 Å². The van der Waals surface area contributed by atoms with Gasteiger partial charge < -0.3 is 14.8 Å². The van der Waals surface area contributed by atoms with Gasteiger partial charge in [0, 0.05) is 24.3 Å². The Morgan fingerprint density at radius 2 is 2.00 bits per heavy atom. The Labute approximate surface area is 197 Å². The average molecular weight is 499 g/mol. The normalized spacial score (nSPS) is 15.3. The standard InChI is InChI=1S/C20H27ClN6O5S/c1-15-18(21)20-23-19(25-27(20)24-15)16-3-5-17(6-4-16)22-13-31-14-32-33(28,29)12-2-7-26-8-10-30-11-9-26/h3-6,22,24H,2,7-14H2,1H3. The summed E-state index contributed by atoms with van der Waals surface area (Å²) < 4.78 is 40.9. The number of ether oxygens (including phenoxy) is 2. The summed E-state index contributed by atoms with van der Waals surface area (Å²) >= 11 is 6.20. The lowest BCUT2D eigenvalue weighted by Gasteiger charge is -2.26. The lowest BCUT2D eigenvalue weighted by Crippen LogP contribution is -2.37.